The predicted molar refractivity (Wildman–Crippen MR) is 109 cm³/mol. The second kappa shape index (κ2) is 8.61. The van der Waals surface area contributed by atoms with Gasteiger partial charge in [0.05, 0.1) is 16.0 Å². The van der Waals surface area contributed by atoms with E-state index in [1.165, 1.54) is 12.1 Å². The van der Waals surface area contributed by atoms with Crippen LogP contribution in [0.5, 0.6) is 5.75 Å². The fourth-order valence-electron chi connectivity index (χ4n) is 2.04. The molecule has 2 aromatic carbocycles. The average molecular weight is 457 g/mol. The van der Waals surface area contributed by atoms with E-state index in [9.17, 15) is 13.2 Å². The van der Waals surface area contributed by atoms with E-state index in [4.69, 9.17) is 17.0 Å². The molecule has 0 unspecified atom stereocenters. The maximum absolute atomic E-state index is 12.3. The first-order valence-corrected chi connectivity index (χ1v) is 10.6. The van der Waals surface area contributed by atoms with Gasteiger partial charge in [-0.2, -0.15) is 0 Å². The molecule has 6 nitrogen and oxygen atoms in total. The maximum atomic E-state index is 12.3. The van der Waals surface area contributed by atoms with Crippen molar-refractivity contribution >= 4 is 54.7 Å². The van der Waals surface area contributed by atoms with E-state index < -0.39 is 9.84 Å². The number of thiocarbonyl (C=S) groups is 1. The topological polar surface area (TPSA) is 84.5 Å². The normalized spacial score (nSPS) is 10.9. The van der Waals surface area contributed by atoms with E-state index in [1.807, 2.05) is 6.92 Å². The zero-order valence-corrected chi connectivity index (χ0v) is 17.3. The van der Waals surface area contributed by atoms with Crippen molar-refractivity contribution in [1.82, 2.24) is 5.32 Å². The van der Waals surface area contributed by atoms with Crippen LogP contribution >= 0.6 is 28.1 Å². The Hall–Kier alpha value is -1.97. The first-order valence-electron chi connectivity index (χ1n) is 7.55. The molecule has 2 N–H and O–H groups in total. The lowest BCUT2D eigenvalue weighted by Crippen LogP contribution is -2.34. The van der Waals surface area contributed by atoms with Crippen LogP contribution in [0.3, 0.4) is 0 Å². The Labute approximate surface area is 166 Å². The van der Waals surface area contributed by atoms with Gasteiger partial charge in [-0.1, -0.05) is 0 Å². The molecule has 0 spiro atoms. The third-order valence-electron chi connectivity index (χ3n) is 3.26. The van der Waals surface area contributed by atoms with Crippen LogP contribution in [0.1, 0.15) is 17.3 Å². The summed E-state index contributed by atoms with van der Waals surface area (Å²) in [4.78, 5) is 12.5. The molecule has 0 aliphatic carbocycles. The molecule has 0 radical (unpaired) electrons. The average Bonchev–Trinajstić information content (AvgIpc) is 2.56. The van der Waals surface area contributed by atoms with Gasteiger partial charge in [-0.25, -0.2) is 8.42 Å². The van der Waals surface area contributed by atoms with Gasteiger partial charge >= 0.3 is 0 Å². The molecule has 0 fully saturated rings. The molecule has 26 heavy (non-hydrogen) atoms. The Morgan fingerprint density at radius 1 is 1.19 bits per heavy atom. The van der Waals surface area contributed by atoms with Gasteiger partial charge in [0.25, 0.3) is 5.91 Å². The minimum atomic E-state index is -3.26. The predicted octanol–water partition coefficient (Wildman–Crippen LogP) is 3.38. The second-order valence-electron chi connectivity index (χ2n) is 5.28. The van der Waals surface area contributed by atoms with E-state index in [1.54, 1.807) is 30.3 Å². The largest absolute Gasteiger partial charge is 0.493 e. The van der Waals surface area contributed by atoms with E-state index in [-0.39, 0.29) is 15.9 Å². The molecule has 0 atom stereocenters. The number of sulfone groups is 1. The van der Waals surface area contributed by atoms with Gasteiger partial charge < -0.3 is 10.1 Å². The van der Waals surface area contributed by atoms with Crippen molar-refractivity contribution in [3.05, 3.63) is 52.5 Å². The Morgan fingerprint density at radius 2 is 1.85 bits per heavy atom. The number of ether oxygens (including phenoxy) is 1. The number of benzene rings is 2. The van der Waals surface area contributed by atoms with Crippen LogP contribution in [-0.4, -0.2) is 32.3 Å². The molecule has 0 saturated carbocycles. The van der Waals surface area contributed by atoms with E-state index in [0.717, 1.165) is 6.26 Å². The van der Waals surface area contributed by atoms with E-state index in [0.29, 0.717) is 28.1 Å². The molecular weight excluding hydrogens is 440 g/mol. The fraction of sp³-hybridized carbons (Fsp3) is 0.176. The highest BCUT2D eigenvalue weighted by Gasteiger charge is 2.11. The number of hydrogen-bond acceptors (Lipinski definition) is 5. The van der Waals surface area contributed by atoms with Gasteiger partial charge in [0.15, 0.2) is 14.9 Å². The highest BCUT2D eigenvalue weighted by molar-refractivity contribution is 9.10. The number of nitrogens with one attached hydrogen (secondary N) is 2. The number of hydrogen-bond donors (Lipinski definition) is 2. The summed E-state index contributed by atoms with van der Waals surface area (Å²) in [6, 6.07) is 11.0. The maximum Gasteiger partial charge on any atom is 0.257 e. The van der Waals surface area contributed by atoms with Crippen LogP contribution in [0.2, 0.25) is 0 Å². The van der Waals surface area contributed by atoms with Crippen molar-refractivity contribution in [2.75, 3.05) is 18.2 Å². The van der Waals surface area contributed by atoms with Crippen LogP contribution in [0.15, 0.2) is 51.8 Å². The Morgan fingerprint density at radius 3 is 2.38 bits per heavy atom. The lowest BCUT2D eigenvalue weighted by Gasteiger charge is -2.11. The molecule has 0 saturated heterocycles. The molecule has 0 aliphatic rings. The quantitative estimate of drug-likeness (QED) is 0.670. The number of carbonyl (C=O) groups is 1. The zero-order valence-electron chi connectivity index (χ0n) is 14.1. The van der Waals surface area contributed by atoms with Crippen LogP contribution in [-0.2, 0) is 9.84 Å². The van der Waals surface area contributed by atoms with Crippen LogP contribution < -0.4 is 15.4 Å². The molecule has 2 aromatic rings. The summed E-state index contributed by atoms with van der Waals surface area (Å²) in [6.45, 7) is 2.40. The lowest BCUT2D eigenvalue weighted by molar-refractivity contribution is 0.0977. The van der Waals surface area contributed by atoms with Crippen molar-refractivity contribution in [3.63, 3.8) is 0 Å². The molecule has 0 aromatic heterocycles. The third kappa shape index (κ3) is 5.52. The summed E-state index contributed by atoms with van der Waals surface area (Å²) in [6.07, 6.45) is 1.13. The summed E-state index contributed by atoms with van der Waals surface area (Å²) in [5.74, 6) is 0.273. The summed E-state index contributed by atoms with van der Waals surface area (Å²) in [5.41, 5.74) is 0.979. The SMILES string of the molecule is CCOc1ccc(C(=O)NC(=S)Nc2ccc(S(C)(=O)=O)cc2)cc1Br. The van der Waals surface area contributed by atoms with Gasteiger partial charge in [-0.15, -0.1) is 0 Å². The highest BCUT2D eigenvalue weighted by Crippen LogP contribution is 2.26. The second-order valence-corrected chi connectivity index (χ2v) is 8.56. The van der Waals surface area contributed by atoms with Crippen molar-refractivity contribution in [2.45, 2.75) is 11.8 Å². The van der Waals surface area contributed by atoms with Crippen molar-refractivity contribution in [3.8, 4) is 5.75 Å². The smallest absolute Gasteiger partial charge is 0.257 e. The zero-order chi connectivity index (χ0) is 19.3. The number of rotatable bonds is 5. The Balaban J connectivity index is 2.01. The fourth-order valence-corrected chi connectivity index (χ4v) is 3.37. The molecular formula is C17H17BrN2O4S2. The van der Waals surface area contributed by atoms with Crippen LogP contribution in [0, 0.1) is 0 Å². The number of amides is 1. The van der Waals surface area contributed by atoms with Gasteiger partial charge in [0, 0.05) is 17.5 Å². The van der Waals surface area contributed by atoms with Crippen molar-refractivity contribution in [2.24, 2.45) is 0 Å². The van der Waals surface area contributed by atoms with Gasteiger partial charge in [-0.05, 0) is 77.5 Å². The molecule has 9 heteroatoms. The summed E-state index contributed by atoms with van der Waals surface area (Å²) in [7, 11) is -3.26. The van der Waals surface area contributed by atoms with Crippen LogP contribution in [0.25, 0.3) is 0 Å². The standard InChI is InChI=1S/C17H17BrN2O4S2/c1-3-24-15-9-4-11(10-14(15)18)16(21)20-17(25)19-12-5-7-13(8-6-12)26(2,22)23/h4-10H,3H2,1-2H3,(H2,19,20,21,25). The van der Waals surface area contributed by atoms with E-state index >= 15 is 0 Å². The molecule has 1 amide bonds. The van der Waals surface area contributed by atoms with Crippen LogP contribution in [0.4, 0.5) is 5.69 Å². The Kier molecular flexibility index (Phi) is 6.74. The summed E-state index contributed by atoms with van der Waals surface area (Å²) < 4.78 is 29.0. The van der Waals surface area contributed by atoms with Gasteiger partial charge in [0.1, 0.15) is 5.75 Å². The Bertz CT molecular complexity index is 928. The van der Waals surface area contributed by atoms with Crippen molar-refractivity contribution in [1.29, 1.82) is 0 Å². The molecule has 0 aliphatic heterocycles. The first-order chi connectivity index (χ1) is 12.2. The molecule has 2 rings (SSSR count). The van der Waals surface area contributed by atoms with Gasteiger partial charge in [0.2, 0.25) is 0 Å². The highest BCUT2D eigenvalue weighted by atomic mass is 79.9. The number of anilines is 1. The number of halogens is 1. The summed E-state index contributed by atoms with van der Waals surface area (Å²) >= 11 is 8.48. The van der Waals surface area contributed by atoms with E-state index in [2.05, 4.69) is 26.6 Å². The molecule has 0 bridgehead atoms. The monoisotopic (exact) mass is 456 g/mol. The lowest BCUT2D eigenvalue weighted by atomic mass is 10.2. The van der Waals surface area contributed by atoms with Crippen molar-refractivity contribution < 1.29 is 17.9 Å². The first kappa shape index (κ1) is 20.3. The summed E-state index contributed by atoms with van der Waals surface area (Å²) in [5, 5.41) is 5.51. The van der Waals surface area contributed by atoms with Gasteiger partial charge in [-0.3, -0.25) is 10.1 Å². The molecule has 0 heterocycles. The minimum Gasteiger partial charge on any atom is -0.493 e. The number of carbonyl (C=O) groups excluding carboxylic acids is 1. The third-order valence-corrected chi connectivity index (χ3v) is 5.21. The molecule has 138 valence electrons. The minimum absolute atomic E-state index is 0.104.